The van der Waals surface area contributed by atoms with Crippen LogP contribution in [0.15, 0.2) is 78.9 Å². The third-order valence-corrected chi connectivity index (χ3v) is 5.42. The van der Waals surface area contributed by atoms with E-state index in [1.165, 1.54) is 12.1 Å². The minimum absolute atomic E-state index is 0.0619. The molecule has 3 aromatic carbocycles. The van der Waals surface area contributed by atoms with Gasteiger partial charge in [-0.2, -0.15) is 5.10 Å². The summed E-state index contributed by atoms with van der Waals surface area (Å²) in [6, 6.07) is 23.0. The first kappa shape index (κ1) is 23.0. The van der Waals surface area contributed by atoms with Gasteiger partial charge in [-0.05, 0) is 67.4 Å². The summed E-state index contributed by atoms with van der Waals surface area (Å²) in [5.41, 5.74) is 3.26. The molecule has 0 saturated heterocycles. The summed E-state index contributed by atoms with van der Waals surface area (Å²) >= 11 is 0. The quantitative estimate of drug-likeness (QED) is 0.366. The van der Waals surface area contributed by atoms with Crippen LogP contribution >= 0.6 is 0 Å². The maximum Gasteiger partial charge on any atom is 0.226 e. The number of methoxy groups -OCH3 is 1. The van der Waals surface area contributed by atoms with Gasteiger partial charge < -0.3 is 14.8 Å². The van der Waals surface area contributed by atoms with E-state index in [9.17, 15) is 9.18 Å². The fraction of sp³-hybridized carbons (Fsp3) is 0.185. The first-order chi connectivity index (χ1) is 16.5. The van der Waals surface area contributed by atoms with E-state index in [0.29, 0.717) is 36.0 Å². The Balaban J connectivity index is 1.56. The number of amides is 1. The number of aryl methyl sites for hydroxylation is 1. The molecule has 1 N–H and O–H groups in total. The highest BCUT2D eigenvalue weighted by atomic mass is 19.1. The fourth-order valence-corrected chi connectivity index (χ4v) is 3.57. The SMILES string of the molecule is COc1ccc(Oc2c(CCC(=O)NCc3ccccc3)c(C)nn2-c2ccc(F)cc2)cc1. The summed E-state index contributed by atoms with van der Waals surface area (Å²) in [6.45, 7) is 2.35. The molecular formula is C27H26FN3O3. The molecule has 0 atom stereocenters. The van der Waals surface area contributed by atoms with E-state index in [-0.39, 0.29) is 18.1 Å². The molecule has 4 rings (SSSR count). The van der Waals surface area contributed by atoms with Crippen molar-refractivity contribution in [2.45, 2.75) is 26.3 Å². The molecule has 0 spiro atoms. The van der Waals surface area contributed by atoms with Gasteiger partial charge in [0.2, 0.25) is 11.8 Å². The van der Waals surface area contributed by atoms with E-state index in [1.807, 2.05) is 37.3 Å². The molecule has 0 radical (unpaired) electrons. The molecule has 4 aromatic rings. The molecule has 7 heteroatoms. The van der Waals surface area contributed by atoms with Crippen LogP contribution in [0.5, 0.6) is 17.4 Å². The Morgan fingerprint density at radius 1 is 0.971 bits per heavy atom. The van der Waals surface area contributed by atoms with Crippen LogP contribution in [-0.4, -0.2) is 22.8 Å². The van der Waals surface area contributed by atoms with E-state index < -0.39 is 0 Å². The topological polar surface area (TPSA) is 65.4 Å². The average molecular weight is 460 g/mol. The van der Waals surface area contributed by atoms with E-state index in [2.05, 4.69) is 10.4 Å². The molecular weight excluding hydrogens is 433 g/mol. The molecule has 0 fully saturated rings. The van der Waals surface area contributed by atoms with E-state index in [0.717, 1.165) is 16.8 Å². The fourth-order valence-electron chi connectivity index (χ4n) is 3.57. The van der Waals surface area contributed by atoms with Crippen molar-refractivity contribution in [3.63, 3.8) is 0 Å². The Kier molecular flexibility index (Phi) is 7.22. The van der Waals surface area contributed by atoms with E-state index in [4.69, 9.17) is 9.47 Å². The number of halogens is 1. The molecule has 1 aromatic heterocycles. The van der Waals surface area contributed by atoms with Crippen LogP contribution in [-0.2, 0) is 17.8 Å². The van der Waals surface area contributed by atoms with E-state index in [1.54, 1.807) is 48.2 Å². The number of benzene rings is 3. The Morgan fingerprint density at radius 2 is 1.65 bits per heavy atom. The number of rotatable bonds is 9. The van der Waals surface area contributed by atoms with Crippen LogP contribution in [0, 0.1) is 12.7 Å². The normalized spacial score (nSPS) is 10.7. The molecule has 34 heavy (non-hydrogen) atoms. The van der Waals surface area contributed by atoms with Gasteiger partial charge >= 0.3 is 0 Å². The average Bonchev–Trinajstić information content (AvgIpc) is 3.17. The second-order valence-electron chi connectivity index (χ2n) is 7.80. The van der Waals surface area contributed by atoms with Crippen molar-refractivity contribution in [1.29, 1.82) is 0 Å². The Morgan fingerprint density at radius 3 is 2.32 bits per heavy atom. The van der Waals surface area contributed by atoms with Crippen molar-refractivity contribution in [3.05, 3.63) is 102 Å². The minimum Gasteiger partial charge on any atom is -0.497 e. The molecule has 174 valence electrons. The van der Waals surface area contributed by atoms with Crippen molar-refractivity contribution < 1.29 is 18.7 Å². The lowest BCUT2D eigenvalue weighted by Crippen LogP contribution is -2.23. The monoisotopic (exact) mass is 459 g/mol. The van der Waals surface area contributed by atoms with Gasteiger partial charge in [0, 0.05) is 18.5 Å². The Labute approximate surface area is 198 Å². The van der Waals surface area contributed by atoms with Gasteiger partial charge in [0.25, 0.3) is 0 Å². The Hall–Kier alpha value is -4.13. The van der Waals surface area contributed by atoms with Crippen molar-refractivity contribution >= 4 is 5.91 Å². The third kappa shape index (κ3) is 5.61. The maximum absolute atomic E-state index is 13.5. The van der Waals surface area contributed by atoms with Crippen LogP contribution < -0.4 is 14.8 Å². The summed E-state index contributed by atoms with van der Waals surface area (Å²) in [7, 11) is 1.60. The summed E-state index contributed by atoms with van der Waals surface area (Å²) in [5.74, 6) is 1.41. The molecule has 0 bridgehead atoms. The molecule has 0 aliphatic heterocycles. The molecule has 0 aliphatic rings. The zero-order chi connectivity index (χ0) is 23.9. The van der Waals surface area contributed by atoms with E-state index >= 15 is 0 Å². The van der Waals surface area contributed by atoms with Gasteiger partial charge in [-0.15, -0.1) is 0 Å². The lowest BCUT2D eigenvalue weighted by Gasteiger charge is -2.12. The van der Waals surface area contributed by atoms with Crippen LogP contribution in [0.25, 0.3) is 5.69 Å². The van der Waals surface area contributed by atoms with Gasteiger partial charge in [0.05, 0.1) is 18.5 Å². The second kappa shape index (κ2) is 10.7. The summed E-state index contributed by atoms with van der Waals surface area (Å²) in [6.07, 6.45) is 0.723. The highest BCUT2D eigenvalue weighted by Gasteiger charge is 2.20. The minimum atomic E-state index is -0.333. The van der Waals surface area contributed by atoms with Crippen molar-refractivity contribution in [2.24, 2.45) is 0 Å². The van der Waals surface area contributed by atoms with Crippen molar-refractivity contribution in [3.8, 4) is 23.1 Å². The zero-order valence-corrected chi connectivity index (χ0v) is 19.1. The van der Waals surface area contributed by atoms with Gasteiger partial charge in [0.15, 0.2) is 0 Å². The van der Waals surface area contributed by atoms with Crippen molar-refractivity contribution in [1.82, 2.24) is 15.1 Å². The Bertz CT molecular complexity index is 1240. The lowest BCUT2D eigenvalue weighted by molar-refractivity contribution is -0.121. The lowest BCUT2D eigenvalue weighted by atomic mass is 10.1. The van der Waals surface area contributed by atoms with Crippen LogP contribution in [0.1, 0.15) is 23.2 Å². The highest BCUT2D eigenvalue weighted by molar-refractivity contribution is 5.76. The number of carbonyl (C=O) groups is 1. The highest BCUT2D eigenvalue weighted by Crippen LogP contribution is 2.32. The number of ether oxygens (including phenoxy) is 2. The number of hydrogen-bond acceptors (Lipinski definition) is 4. The predicted octanol–water partition coefficient (Wildman–Crippen LogP) is 5.37. The molecule has 6 nitrogen and oxygen atoms in total. The first-order valence-electron chi connectivity index (χ1n) is 11.0. The number of nitrogens with one attached hydrogen (secondary N) is 1. The first-order valence-corrected chi connectivity index (χ1v) is 11.0. The molecule has 0 saturated carbocycles. The zero-order valence-electron chi connectivity index (χ0n) is 19.1. The maximum atomic E-state index is 13.5. The summed E-state index contributed by atoms with van der Waals surface area (Å²) in [5, 5.41) is 7.58. The third-order valence-electron chi connectivity index (χ3n) is 5.42. The summed E-state index contributed by atoms with van der Waals surface area (Å²) in [4.78, 5) is 12.5. The molecule has 0 aliphatic carbocycles. The standard InChI is InChI=1S/C27H26FN3O3/c1-19-25(16-17-26(32)29-18-20-6-4-3-5-7-20)27(34-24-14-12-23(33-2)13-15-24)31(30-19)22-10-8-21(28)9-11-22/h3-15H,16-18H2,1-2H3,(H,29,32). The smallest absolute Gasteiger partial charge is 0.226 e. The number of hydrogen-bond donors (Lipinski definition) is 1. The second-order valence-corrected chi connectivity index (χ2v) is 7.80. The van der Waals surface area contributed by atoms with Gasteiger partial charge in [-0.1, -0.05) is 30.3 Å². The van der Waals surface area contributed by atoms with Crippen LogP contribution in [0.4, 0.5) is 4.39 Å². The number of nitrogens with zero attached hydrogens (tertiary/aromatic N) is 2. The number of aromatic nitrogens is 2. The van der Waals surface area contributed by atoms with Gasteiger partial charge in [-0.3, -0.25) is 4.79 Å². The van der Waals surface area contributed by atoms with Gasteiger partial charge in [0.1, 0.15) is 17.3 Å². The predicted molar refractivity (Wildman–Crippen MR) is 128 cm³/mol. The van der Waals surface area contributed by atoms with Crippen molar-refractivity contribution in [2.75, 3.05) is 7.11 Å². The molecule has 1 heterocycles. The largest absolute Gasteiger partial charge is 0.497 e. The molecule has 1 amide bonds. The molecule has 0 unspecified atom stereocenters. The van der Waals surface area contributed by atoms with Gasteiger partial charge in [-0.25, -0.2) is 9.07 Å². The summed E-state index contributed by atoms with van der Waals surface area (Å²) < 4.78 is 26.6. The van der Waals surface area contributed by atoms with Crippen LogP contribution in [0.3, 0.4) is 0 Å². The van der Waals surface area contributed by atoms with Crippen LogP contribution in [0.2, 0.25) is 0 Å². The number of carbonyl (C=O) groups excluding carboxylic acids is 1.